The van der Waals surface area contributed by atoms with Crippen LogP contribution >= 0.6 is 11.6 Å². The normalized spacial score (nSPS) is 14.1. The Morgan fingerprint density at radius 3 is 2.28 bits per heavy atom. The molecule has 0 spiro atoms. The molecule has 2 amide bonds. The molecule has 0 fully saturated rings. The van der Waals surface area contributed by atoms with E-state index < -0.39 is 0 Å². The van der Waals surface area contributed by atoms with Crippen LogP contribution in [-0.4, -0.2) is 12.1 Å². The Morgan fingerprint density at radius 2 is 1.72 bits per heavy atom. The largest absolute Gasteiger partial charge is 0.335 e. The molecule has 2 N–H and O–H groups in total. The van der Waals surface area contributed by atoms with Gasteiger partial charge in [0.2, 0.25) is 0 Å². The van der Waals surface area contributed by atoms with Crippen LogP contribution in [0, 0.1) is 5.92 Å². The fourth-order valence-electron chi connectivity index (χ4n) is 1.52. The molecule has 100 valence electrons. The van der Waals surface area contributed by atoms with Gasteiger partial charge < -0.3 is 10.6 Å². The third-order valence-electron chi connectivity index (χ3n) is 3.08. The summed E-state index contributed by atoms with van der Waals surface area (Å²) in [5, 5.41) is 6.46. The highest BCUT2D eigenvalue weighted by Gasteiger charge is 2.14. The molecule has 0 aliphatic rings. The number of nitrogens with one attached hydrogen (secondary N) is 2. The van der Waals surface area contributed by atoms with E-state index in [4.69, 9.17) is 11.6 Å². The Bertz CT molecular complexity index is 407. The van der Waals surface area contributed by atoms with Gasteiger partial charge in [0.15, 0.2) is 0 Å². The molecule has 0 bridgehead atoms. The molecule has 1 aromatic carbocycles. The van der Waals surface area contributed by atoms with Gasteiger partial charge in [-0.1, -0.05) is 43.6 Å². The van der Waals surface area contributed by atoms with E-state index in [-0.39, 0.29) is 18.1 Å². The molecule has 18 heavy (non-hydrogen) atoms. The number of urea groups is 1. The zero-order chi connectivity index (χ0) is 13.7. The van der Waals surface area contributed by atoms with Crippen LogP contribution in [0.5, 0.6) is 0 Å². The van der Waals surface area contributed by atoms with E-state index >= 15 is 0 Å². The van der Waals surface area contributed by atoms with Crippen molar-refractivity contribution in [1.29, 1.82) is 0 Å². The van der Waals surface area contributed by atoms with Crippen molar-refractivity contribution in [3.63, 3.8) is 0 Å². The number of halogens is 1. The van der Waals surface area contributed by atoms with Gasteiger partial charge in [-0.15, -0.1) is 0 Å². The summed E-state index contributed by atoms with van der Waals surface area (Å²) in [6, 6.07) is 7.39. The number of carbonyl (C=O) groups excluding carboxylic acids is 1. The van der Waals surface area contributed by atoms with Crippen molar-refractivity contribution < 1.29 is 4.79 Å². The lowest BCUT2D eigenvalue weighted by Gasteiger charge is -2.21. The SMILES string of the molecule is CC(NC(=O)NC(C)C(C)C)c1ccccc1Cl. The molecule has 0 aromatic heterocycles. The maximum atomic E-state index is 11.8. The van der Waals surface area contributed by atoms with Crippen molar-refractivity contribution in [1.82, 2.24) is 10.6 Å². The first kappa shape index (κ1) is 14.8. The highest BCUT2D eigenvalue weighted by Crippen LogP contribution is 2.21. The Labute approximate surface area is 114 Å². The van der Waals surface area contributed by atoms with Gasteiger partial charge in [-0.2, -0.15) is 0 Å². The zero-order valence-electron chi connectivity index (χ0n) is 11.3. The fraction of sp³-hybridized carbons (Fsp3) is 0.500. The van der Waals surface area contributed by atoms with Gasteiger partial charge in [0.1, 0.15) is 0 Å². The Kier molecular flexibility index (Phi) is 5.48. The molecule has 0 aliphatic carbocycles. The quantitative estimate of drug-likeness (QED) is 0.858. The predicted molar refractivity (Wildman–Crippen MR) is 75.8 cm³/mol. The first-order valence-corrected chi connectivity index (χ1v) is 6.61. The van der Waals surface area contributed by atoms with Crippen molar-refractivity contribution in [2.24, 2.45) is 5.92 Å². The average molecular weight is 269 g/mol. The molecule has 0 radical (unpaired) electrons. The van der Waals surface area contributed by atoms with Gasteiger partial charge in [-0.05, 0) is 31.4 Å². The summed E-state index contributed by atoms with van der Waals surface area (Å²) < 4.78 is 0. The molecule has 0 heterocycles. The molecular weight excluding hydrogens is 248 g/mol. The van der Waals surface area contributed by atoms with Crippen molar-refractivity contribution in [2.75, 3.05) is 0 Å². The zero-order valence-corrected chi connectivity index (χ0v) is 12.1. The molecule has 0 saturated carbocycles. The van der Waals surface area contributed by atoms with E-state index in [1.807, 2.05) is 38.1 Å². The second-order valence-corrected chi connectivity index (χ2v) is 5.30. The molecule has 0 saturated heterocycles. The third kappa shape index (κ3) is 4.22. The number of rotatable bonds is 4. The number of benzene rings is 1. The van der Waals surface area contributed by atoms with Crippen LogP contribution in [-0.2, 0) is 0 Å². The van der Waals surface area contributed by atoms with Crippen LogP contribution in [0.1, 0.15) is 39.3 Å². The Morgan fingerprint density at radius 1 is 1.11 bits per heavy atom. The first-order valence-electron chi connectivity index (χ1n) is 6.23. The summed E-state index contributed by atoms with van der Waals surface area (Å²) in [6.07, 6.45) is 0. The summed E-state index contributed by atoms with van der Waals surface area (Å²) in [4.78, 5) is 11.8. The minimum absolute atomic E-state index is 0.113. The van der Waals surface area contributed by atoms with Crippen LogP contribution in [0.25, 0.3) is 0 Å². The van der Waals surface area contributed by atoms with E-state index in [0.717, 1.165) is 5.56 Å². The topological polar surface area (TPSA) is 41.1 Å². The van der Waals surface area contributed by atoms with Crippen LogP contribution in [0.4, 0.5) is 4.79 Å². The number of hydrogen-bond acceptors (Lipinski definition) is 1. The van der Waals surface area contributed by atoms with Crippen LogP contribution in [0.15, 0.2) is 24.3 Å². The third-order valence-corrected chi connectivity index (χ3v) is 3.42. The second kappa shape index (κ2) is 6.64. The monoisotopic (exact) mass is 268 g/mol. The lowest BCUT2D eigenvalue weighted by Crippen LogP contribution is -2.43. The number of hydrogen-bond donors (Lipinski definition) is 2. The lowest BCUT2D eigenvalue weighted by atomic mass is 10.1. The van der Waals surface area contributed by atoms with Crippen LogP contribution in [0.3, 0.4) is 0 Å². The summed E-state index contributed by atoms with van der Waals surface area (Å²) in [5.41, 5.74) is 0.923. The highest BCUT2D eigenvalue weighted by atomic mass is 35.5. The first-order chi connectivity index (χ1) is 8.41. The van der Waals surface area contributed by atoms with Crippen molar-refractivity contribution in [3.8, 4) is 0 Å². The highest BCUT2D eigenvalue weighted by molar-refractivity contribution is 6.31. The summed E-state index contributed by atoms with van der Waals surface area (Å²) in [7, 11) is 0. The second-order valence-electron chi connectivity index (χ2n) is 4.89. The Balaban J connectivity index is 2.58. The van der Waals surface area contributed by atoms with E-state index in [2.05, 4.69) is 24.5 Å². The number of amides is 2. The van der Waals surface area contributed by atoms with Gasteiger partial charge in [0.05, 0.1) is 6.04 Å². The lowest BCUT2D eigenvalue weighted by molar-refractivity contribution is 0.231. The van der Waals surface area contributed by atoms with Gasteiger partial charge in [0.25, 0.3) is 0 Å². The minimum Gasteiger partial charge on any atom is -0.335 e. The average Bonchev–Trinajstić information content (AvgIpc) is 2.28. The van der Waals surface area contributed by atoms with Gasteiger partial charge in [0, 0.05) is 11.1 Å². The van der Waals surface area contributed by atoms with Crippen molar-refractivity contribution in [2.45, 2.75) is 39.8 Å². The van der Waals surface area contributed by atoms with Crippen LogP contribution < -0.4 is 10.6 Å². The summed E-state index contributed by atoms with van der Waals surface area (Å²) in [5.74, 6) is 0.409. The molecule has 1 aromatic rings. The minimum atomic E-state index is -0.163. The van der Waals surface area contributed by atoms with Crippen molar-refractivity contribution >= 4 is 17.6 Å². The van der Waals surface area contributed by atoms with E-state index in [0.29, 0.717) is 10.9 Å². The smallest absolute Gasteiger partial charge is 0.315 e. The molecular formula is C14H21ClN2O. The Hall–Kier alpha value is -1.22. The molecule has 2 atom stereocenters. The number of carbonyl (C=O) groups is 1. The maximum absolute atomic E-state index is 11.8. The molecule has 0 aliphatic heterocycles. The predicted octanol–water partition coefficient (Wildman–Crippen LogP) is 3.74. The van der Waals surface area contributed by atoms with Gasteiger partial charge in [-0.25, -0.2) is 4.79 Å². The summed E-state index contributed by atoms with van der Waals surface area (Å²) >= 11 is 6.09. The maximum Gasteiger partial charge on any atom is 0.315 e. The van der Waals surface area contributed by atoms with E-state index in [1.54, 1.807) is 0 Å². The van der Waals surface area contributed by atoms with Gasteiger partial charge >= 0.3 is 6.03 Å². The molecule has 1 rings (SSSR count). The van der Waals surface area contributed by atoms with Gasteiger partial charge in [-0.3, -0.25) is 0 Å². The van der Waals surface area contributed by atoms with E-state index in [1.165, 1.54) is 0 Å². The molecule has 2 unspecified atom stereocenters. The summed E-state index contributed by atoms with van der Waals surface area (Å²) in [6.45, 7) is 8.05. The van der Waals surface area contributed by atoms with E-state index in [9.17, 15) is 4.79 Å². The fourth-order valence-corrected chi connectivity index (χ4v) is 1.82. The molecule has 4 heteroatoms. The standard InChI is InChI=1S/C14H21ClN2O/c1-9(2)10(3)16-14(18)17-11(4)12-7-5-6-8-13(12)15/h5-11H,1-4H3,(H2,16,17,18). The van der Waals surface area contributed by atoms with Crippen LogP contribution in [0.2, 0.25) is 5.02 Å². The molecule has 3 nitrogen and oxygen atoms in total. The van der Waals surface area contributed by atoms with Crippen molar-refractivity contribution in [3.05, 3.63) is 34.9 Å².